The van der Waals surface area contributed by atoms with Crippen LogP contribution in [0.2, 0.25) is 0 Å². The summed E-state index contributed by atoms with van der Waals surface area (Å²) in [6.07, 6.45) is 0.0501. The van der Waals surface area contributed by atoms with Crippen molar-refractivity contribution in [2.75, 3.05) is 10.6 Å². The van der Waals surface area contributed by atoms with Gasteiger partial charge in [0.15, 0.2) is 0 Å². The van der Waals surface area contributed by atoms with E-state index in [1.165, 1.54) is 4.68 Å². The molecule has 0 saturated heterocycles. The van der Waals surface area contributed by atoms with E-state index >= 15 is 0 Å². The van der Waals surface area contributed by atoms with Crippen LogP contribution in [0.25, 0.3) is 0 Å². The van der Waals surface area contributed by atoms with Crippen LogP contribution < -0.4 is 10.6 Å². The average Bonchev–Trinajstić information content (AvgIpc) is 2.78. The maximum atomic E-state index is 12.3. The number of nitrogens with zero attached hydrogens (tertiary/aromatic N) is 3. The fourth-order valence-corrected chi connectivity index (χ4v) is 2.12. The number of nitrogens with one attached hydrogen (secondary N) is 2. The van der Waals surface area contributed by atoms with Crippen molar-refractivity contribution in [1.82, 2.24) is 14.8 Å². The number of hydrogen-bond acceptors (Lipinski definition) is 4. The quantitative estimate of drug-likeness (QED) is 0.856. The second kappa shape index (κ2) is 4.76. The topological polar surface area (TPSA) is 88.9 Å². The van der Waals surface area contributed by atoms with Crippen LogP contribution in [0.5, 0.6) is 0 Å². The average molecular weight is 271 g/mol. The van der Waals surface area contributed by atoms with Gasteiger partial charge in [0.2, 0.25) is 17.8 Å². The standard InChI is InChI=1S/C13H13N5O2/c1-8-14-13-16-11(19)7-10(18(13)17-8)12(20)15-9-5-3-2-4-6-9/h2-6,10H,7H2,1H3,(H,15,20)(H,14,16,17,19). The summed E-state index contributed by atoms with van der Waals surface area (Å²) >= 11 is 0. The molecule has 1 aliphatic rings. The monoisotopic (exact) mass is 271 g/mol. The highest BCUT2D eigenvalue weighted by molar-refractivity contribution is 6.00. The lowest BCUT2D eigenvalue weighted by molar-refractivity contribution is -0.125. The van der Waals surface area contributed by atoms with Crippen molar-refractivity contribution in [1.29, 1.82) is 0 Å². The molecular formula is C13H13N5O2. The summed E-state index contributed by atoms with van der Waals surface area (Å²) in [4.78, 5) is 28.0. The van der Waals surface area contributed by atoms with Crippen LogP contribution in [0.4, 0.5) is 11.6 Å². The van der Waals surface area contributed by atoms with E-state index in [2.05, 4.69) is 20.7 Å². The SMILES string of the molecule is Cc1nc2n(n1)C(C(=O)Nc1ccccc1)CC(=O)N2. The molecule has 3 rings (SSSR count). The van der Waals surface area contributed by atoms with Crippen LogP contribution in [0.3, 0.4) is 0 Å². The highest BCUT2D eigenvalue weighted by atomic mass is 16.2. The van der Waals surface area contributed by atoms with Gasteiger partial charge in [0, 0.05) is 5.69 Å². The molecule has 1 aromatic carbocycles. The largest absolute Gasteiger partial charge is 0.324 e. The minimum atomic E-state index is -0.680. The lowest BCUT2D eigenvalue weighted by Crippen LogP contribution is -2.36. The third-order valence-corrected chi connectivity index (χ3v) is 3.01. The van der Waals surface area contributed by atoms with Crippen molar-refractivity contribution in [3.05, 3.63) is 36.2 Å². The fourth-order valence-electron chi connectivity index (χ4n) is 2.12. The zero-order valence-electron chi connectivity index (χ0n) is 10.8. The van der Waals surface area contributed by atoms with E-state index < -0.39 is 6.04 Å². The molecule has 102 valence electrons. The molecule has 2 heterocycles. The van der Waals surface area contributed by atoms with Gasteiger partial charge in [-0.1, -0.05) is 18.2 Å². The molecule has 7 heteroatoms. The molecule has 0 spiro atoms. The Bertz CT molecular complexity index is 665. The van der Waals surface area contributed by atoms with E-state index in [-0.39, 0.29) is 18.2 Å². The summed E-state index contributed by atoms with van der Waals surface area (Å²) in [7, 11) is 0. The van der Waals surface area contributed by atoms with E-state index in [0.29, 0.717) is 17.5 Å². The van der Waals surface area contributed by atoms with Gasteiger partial charge in [-0.2, -0.15) is 10.1 Å². The van der Waals surface area contributed by atoms with E-state index in [9.17, 15) is 9.59 Å². The van der Waals surface area contributed by atoms with Gasteiger partial charge in [0.05, 0.1) is 6.42 Å². The molecule has 1 aliphatic heterocycles. The molecule has 1 atom stereocenters. The van der Waals surface area contributed by atoms with Gasteiger partial charge < -0.3 is 5.32 Å². The number of hydrogen-bond donors (Lipinski definition) is 2. The molecule has 1 aromatic heterocycles. The second-order valence-corrected chi connectivity index (χ2v) is 4.55. The molecule has 2 N–H and O–H groups in total. The number of fused-ring (bicyclic) bond motifs is 1. The molecule has 0 bridgehead atoms. The molecule has 7 nitrogen and oxygen atoms in total. The molecule has 1 unspecified atom stereocenters. The maximum absolute atomic E-state index is 12.3. The van der Waals surface area contributed by atoms with Gasteiger partial charge in [-0.3, -0.25) is 14.9 Å². The second-order valence-electron chi connectivity index (χ2n) is 4.55. The predicted molar refractivity (Wildman–Crippen MR) is 72.1 cm³/mol. The van der Waals surface area contributed by atoms with Gasteiger partial charge in [0.25, 0.3) is 0 Å². The van der Waals surface area contributed by atoms with Crippen molar-refractivity contribution in [3.63, 3.8) is 0 Å². The van der Waals surface area contributed by atoms with Gasteiger partial charge in [-0.05, 0) is 19.1 Å². The number of rotatable bonds is 2. The van der Waals surface area contributed by atoms with E-state index in [1.54, 1.807) is 19.1 Å². The molecule has 2 amide bonds. The summed E-state index contributed by atoms with van der Waals surface area (Å²) in [6, 6.07) is 8.41. The number of carbonyl (C=O) groups excluding carboxylic acids is 2. The zero-order chi connectivity index (χ0) is 14.1. The lowest BCUT2D eigenvalue weighted by Gasteiger charge is -2.22. The Morgan fingerprint density at radius 2 is 2.15 bits per heavy atom. The minimum Gasteiger partial charge on any atom is -0.324 e. The highest BCUT2D eigenvalue weighted by Gasteiger charge is 2.32. The number of aryl methyl sites for hydroxylation is 1. The maximum Gasteiger partial charge on any atom is 0.249 e. The molecule has 2 aromatic rings. The van der Waals surface area contributed by atoms with E-state index in [4.69, 9.17) is 0 Å². The Morgan fingerprint density at radius 3 is 2.90 bits per heavy atom. The minimum absolute atomic E-state index is 0.0501. The summed E-state index contributed by atoms with van der Waals surface area (Å²) in [5, 5.41) is 9.53. The number of anilines is 2. The number of para-hydroxylation sites is 1. The molecule has 0 radical (unpaired) electrons. The van der Waals surface area contributed by atoms with Crippen molar-refractivity contribution in [3.8, 4) is 0 Å². The van der Waals surface area contributed by atoms with E-state index in [1.807, 2.05) is 18.2 Å². The predicted octanol–water partition coefficient (Wildman–Crippen LogP) is 1.11. The number of carbonyl (C=O) groups is 2. The van der Waals surface area contributed by atoms with Crippen molar-refractivity contribution >= 4 is 23.5 Å². The van der Waals surface area contributed by atoms with Crippen LogP contribution in [0.1, 0.15) is 18.3 Å². The Morgan fingerprint density at radius 1 is 1.40 bits per heavy atom. The van der Waals surface area contributed by atoms with Gasteiger partial charge >= 0.3 is 0 Å². The van der Waals surface area contributed by atoms with Crippen LogP contribution in [0.15, 0.2) is 30.3 Å². The Labute approximate surface area is 115 Å². The number of benzene rings is 1. The normalized spacial score (nSPS) is 17.2. The lowest BCUT2D eigenvalue weighted by atomic mass is 10.1. The van der Waals surface area contributed by atoms with Gasteiger partial charge in [0.1, 0.15) is 11.9 Å². The first-order chi connectivity index (χ1) is 9.63. The van der Waals surface area contributed by atoms with Crippen molar-refractivity contribution in [2.24, 2.45) is 0 Å². The molecule has 0 fully saturated rings. The number of aromatic nitrogens is 3. The van der Waals surface area contributed by atoms with Crippen LogP contribution in [-0.4, -0.2) is 26.6 Å². The summed E-state index contributed by atoms with van der Waals surface area (Å²) in [6.45, 7) is 1.71. The Hall–Kier alpha value is -2.70. The van der Waals surface area contributed by atoms with Crippen molar-refractivity contribution in [2.45, 2.75) is 19.4 Å². The van der Waals surface area contributed by atoms with Crippen LogP contribution in [0, 0.1) is 6.92 Å². The van der Waals surface area contributed by atoms with Gasteiger partial charge in [-0.25, -0.2) is 4.68 Å². The fraction of sp³-hybridized carbons (Fsp3) is 0.231. The summed E-state index contributed by atoms with van der Waals surface area (Å²) < 4.78 is 1.45. The van der Waals surface area contributed by atoms with Crippen LogP contribution in [-0.2, 0) is 9.59 Å². The highest BCUT2D eigenvalue weighted by Crippen LogP contribution is 2.23. The first-order valence-corrected chi connectivity index (χ1v) is 6.22. The van der Waals surface area contributed by atoms with E-state index in [0.717, 1.165) is 0 Å². The molecule has 0 saturated carbocycles. The zero-order valence-corrected chi connectivity index (χ0v) is 10.8. The van der Waals surface area contributed by atoms with Crippen molar-refractivity contribution < 1.29 is 9.59 Å². The van der Waals surface area contributed by atoms with Crippen LogP contribution >= 0.6 is 0 Å². The molecular weight excluding hydrogens is 258 g/mol. The third kappa shape index (κ3) is 2.25. The number of amides is 2. The molecule has 20 heavy (non-hydrogen) atoms. The first kappa shape index (κ1) is 12.3. The molecule has 0 aliphatic carbocycles. The third-order valence-electron chi connectivity index (χ3n) is 3.01. The Kier molecular flexibility index (Phi) is 2.94. The summed E-state index contributed by atoms with van der Waals surface area (Å²) in [5.41, 5.74) is 0.682. The summed E-state index contributed by atoms with van der Waals surface area (Å²) in [5.74, 6) is 0.307. The first-order valence-electron chi connectivity index (χ1n) is 6.22. The smallest absolute Gasteiger partial charge is 0.249 e. The Balaban J connectivity index is 1.86. The van der Waals surface area contributed by atoms with Gasteiger partial charge in [-0.15, -0.1) is 0 Å².